The number of β-amino-alcohol motifs (C(OH)–C–C–N with tert-alkyl or cyclic N) is 1. The van der Waals surface area contributed by atoms with Crippen LogP contribution < -0.4 is 5.32 Å². The van der Waals surface area contributed by atoms with Gasteiger partial charge in [-0.15, -0.1) is 0 Å². The molecule has 3 heterocycles. The van der Waals surface area contributed by atoms with Gasteiger partial charge in [-0.05, 0) is 39.8 Å². The quantitative estimate of drug-likeness (QED) is 0.558. The second-order valence-corrected chi connectivity index (χ2v) is 11.3. The molecule has 33 heavy (non-hydrogen) atoms. The predicted molar refractivity (Wildman–Crippen MR) is 125 cm³/mol. The predicted octanol–water partition coefficient (Wildman–Crippen LogP) is 2.98. The van der Waals surface area contributed by atoms with E-state index >= 15 is 0 Å². The molecule has 1 aliphatic heterocycles. The van der Waals surface area contributed by atoms with Crippen molar-refractivity contribution < 1.29 is 17.9 Å². The molecule has 2 N–H and O–H groups in total. The molecule has 0 aliphatic carbocycles. The molecule has 3 aromatic rings. The number of aliphatic hydroxyl groups is 1. The van der Waals surface area contributed by atoms with Crippen LogP contribution in [0.2, 0.25) is 5.02 Å². The Morgan fingerprint density at radius 1 is 1.33 bits per heavy atom. The number of sulfonamides is 1. The van der Waals surface area contributed by atoms with Crippen LogP contribution in [0.25, 0.3) is 22.3 Å². The first-order chi connectivity index (χ1) is 15.3. The Morgan fingerprint density at radius 3 is 2.64 bits per heavy atom. The van der Waals surface area contributed by atoms with Gasteiger partial charge in [-0.3, -0.25) is 0 Å². The summed E-state index contributed by atoms with van der Waals surface area (Å²) in [7, 11) is -3.47. The fraction of sp³-hybridized carbons (Fsp3) is 0.476. The fourth-order valence-electron chi connectivity index (χ4n) is 4.24. The molecular weight excluding hydrogens is 471 g/mol. The first kappa shape index (κ1) is 23.8. The van der Waals surface area contributed by atoms with Crippen LogP contribution in [0.15, 0.2) is 18.3 Å². The van der Waals surface area contributed by atoms with Gasteiger partial charge in [-0.2, -0.15) is 4.31 Å². The van der Waals surface area contributed by atoms with Crippen LogP contribution in [0, 0.1) is 12.7 Å². The summed E-state index contributed by atoms with van der Waals surface area (Å²) in [5, 5.41) is 14.0. The molecule has 0 radical (unpaired) electrons. The number of nitrogens with one attached hydrogen (secondary N) is 1. The summed E-state index contributed by atoms with van der Waals surface area (Å²) < 4.78 is 41.9. The Morgan fingerprint density at radius 2 is 2.03 bits per heavy atom. The molecule has 0 saturated carbocycles. The van der Waals surface area contributed by atoms with E-state index in [1.165, 1.54) is 16.6 Å². The van der Waals surface area contributed by atoms with Gasteiger partial charge in [0.25, 0.3) is 0 Å². The van der Waals surface area contributed by atoms with Gasteiger partial charge in [-0.25, -0.2) is 27.8 Å². The second kappa shape index (κ2) is 8.15. The first-order valence-corrected chi connectivity index (χ1v) is 12.7. The molecule has 1 aromatic carbocycles. The summed E-state index contributed by atoms with van der Waals surface area (Å²) in [5.41, 5.74) is 0.328. The fourth-order valence-corrected chi connectivity index (χ4v) is 5.35. The Balaban J connectivity index is 1.73. The van der Waals surface area contributed by atoms with Crippen LogP contribution in [0.5, 0.6) is 0 Å². The minimum absolute atomic E-state index is 0.0512. The van der Waals surface area contributed by atoms with Gasteiger partial charge < -0.3 is 15.0 Å². The summed E-state index contributed by atoms with van der Waals surface area (Å²) in [6.07, 6.45) is 2.48. The first-order valence-electron chi connectivity index (χ1n) is 10.4. The Labute approximate surface area is 196 Å². The second-order valence-electron chi connectivity index (χ2n) is 8.95. The molecule has 9 nitrogen and oxygen atoms in total. The van der Waals surface area contributed by atoms with Gasteiger partial charge in [0, 0.05) is 24.7 Å². The highest BCUT2D eigenvalue weighted by Gasteiger charge is 2.45. The van der Waals surface area contributed by atoms with E-state index in [2.05, 4.69) is 20.3 Å². The number of imidazole rings is 1. The third kappa shape index (κ3) is 4.42. The average Bonchev–Trinajstić information content (AvgIpc) is 3.19. The lowest BCUT2D eigenvalue weighted by Gasteiger charge is -2.25. The SMILES string of the molecule is Cc1nc2c(F)cc(-c3nc(N[C@@H]4CN(S(C)(=O)=O)C[C@@]4(C)O)ncc3Cl)cc2n1C(C)C. The monoisotopic (exact) mass is 496 g/mol. The van der Waals surface area contributed by atoms with Crippen molar-refractivity contribution in [2.24, 2.45) is 0 Å². The van der Waals surface area contributed by atoms with E-state index in [0.29, 0.717) is 22.6 Å². The lowest BCUT2D eigenvalue weighted by Crippen LogP contribution is -2.43. The Hall–Kier alpha value is -2.34. The van der Waals surface area contributed by atoms with E-state index in [1.807, 2.05) is 25.3 Å². The van der Waals surface area contributed by atoms with E-state index in [4.69, 9.17) is 11.6 Å². The summed E-state index contributed by atoms with van der Waals surface area (Å²) in [4.78, 5) is 13.0. The number of hydrogen-bond donors (Lipinski definition) is 2. The van der Waals surface area contributed by atoms with Crippen molar-refractivity contribution in [3.63, 3.8) is 0 Å². The zero-order valence-electron chi connectivity index (χ0n) is 19.0. The lowest BCUT2D eigenvalue weighted by atomic mass is 10.0. The number of rotatable bonds is 5. The summed E-state index contributed by atoms with van der Waals surface area (Å²) in [6.45, 7) is 7.36. The smallest absolute Gasteiger partial charge is 0.223 e. The molecule has 2 aromatic heterocycles. The highest BCUT2D eigenvalue weighted by molar-refractivity contribution is 7.88. The van der Waals surface area contributed by atoms with Crippen molar-refractivity contribution >= 4 is 38.6 Å². The van der Waals surface area contributed by atoms with Crippen molar-refractivity contribution in [1.82, 2.24) is 23.8 Å². The van der Waals surface area contributed by atoms with Gasteiger partial charge in [0.05, 0.1) is 40.3 Å². The maximum Gasteiger partial charge on any atom is 0.223 e. The third-order valence-electron chi connectivity index (χ3n) is 5.86. The van der Waals surface area contributed by atoms with Crippen LogP contribution in [0.4, 0.5) is 10.3 Å². The van der Waals surface area contributed by atoms with E-state index in [-0.39, 0.29) is 35.6 Å². The zero-order valence-corrected chi connectivity index (χ0v) is 20.5. The maximum atomic E-state index is 14.9. The van der Waals surface area contributed by atoms with Crippen molar-refractivity contribution in [2.45, 2.75) is 45.4 Å². The molecule has 2 atom stereocenters. The number of aryl methyl sites for hydroxylation is 1. The van der Waals surface area contributed by atoms with Crippen molar-refractivity contribution in [2.75, 3.05) is 24.7 Å². The standard InChI is InChI=1S/C21H26ClFN6O3S/c1-11(2)29-12(3)25-19-15(23)6-13(7-16(19)29)18-14(22)8-24-20(27-18)26-17-9-28(33(5,31)32)10-21(17,4)30/h6-8,11,17,30H,9-10H2,1-5H3,(H,24,26,27)/t17-,21-/m1/s1. The summed E-state index contributed by atoms with van der Waals surface area (Å²) >= 11 is 6.36. The highest BCUT2D eigenvalue weighted by Crippen LogP contribution is 2.33. The van der Waals surface area contributed by atoms with E-state index in [9.17, 15) is 17.9 Å². The third-order valence-corrected chi connectivity index (χ3v) is 7.36. The molecule has 0 amide bonds. The van der Waals surface area contributed by atoms with E-state index in [1.54, 1.807) is 13.0 Å². The van der Waals surface area contributed by atoms with Crippen LogP contribution in [0.3, 0.4) is 0 Å². The molecule has 12 heteroatoms. The number of aromatic nitrogens is 4. The van der Waals surface area contributed by atoms with Crippen molar-refractivity contribution in [1.29, 1.82) is 0 Å². The number of anilines is 1. The number of benzene rings is 1. The molecule has 1 fully saturated rings. The van der Waals surface area contributed by atoms with Gasteiger partial charge in [-0.1, -0.05) is 11.6 Å². The highest BCUT2D eigenvalue weighted by atomic mass is 35.5. The van der Waals surface area contributed by atoms with Gasteiger partial charge in [0.2, 0.25) is 16.0 Å². The molecule has 1 aliphatic rings. The minimum Gasteiger partial charge on any atom is -0.387 e. The molecule has 178 valence electrons. The van der Waals surface area contributed by atoms with Crippen LogP contribution >= 0.6 is 11.6 Å². The lowest BCUT2D eigenvalue weighted by molar-refractivity contribution is 0.0669. The van der Waals surface area contributed by atoms with Crippen molar-refractivity contribution in [3.05, 3.63) is 35.0 Å². The molecule has 0 spiro atoms. The topological polar surface area (TPSA) is 113 Å². The largest absolute Gasteiger partial charge is 0.387 e. The van der Waals surface area contributed by atoms with Crippen LogP contribution in [0.1, 0.15) is 32.6 Å². The molecule has 0 unspecified atom stereocenters. The minimum atomic E-state index is -3.47. The summed E-state index contributed by atoms with van der Waals surface area (Å²) in [6, 6.07) is 2.54. The van der Waals surface area contributed by atoms with Crippen molar-refractivity contribution in [3.8, 4) is 11.3 Å². The normalized spacial score (nSPS) is 21.9. The Kier molecular flexibility index (Phi) is 5.88. The molecule has 0 bridgehead atoms. The van der Waals surface area contributed by atoms with E-state index < -0.39 is 27.5 Å². The van der Waals surface area contributed by atoms with Crippen LogP contribution in [-0.4, -0.2) is 68.3 Å². The van der Waals surface area contributed by atoms with Crippen LogP contribution in [-0.2, 0) is 10.0 Å². The average molecular weight is 497 g/mol. The summed E-state index contributed by atoms with van der Waals surface area (Å²) in [5.74, 6) is 0.354. The van der Waals surface area contributed by atoms with Gasteiger partial charge in [0.1, 0.15) is 11.3 Å². The molecule has 1 saturated heterocycles. The Bertz CT molecular complexity index is 1340. The maximum absolute atomic E-state index is 14.9. The number of fused-ring (bicyclic) bond motifs is 1. The number of halogens is 2. The molecule has 4 rings (SSSR count). The number of hydrogen-bond acceptors (Lipinski definition) is 7. The van der Waals surface area contributed by atoms with Gasteiger partial charge >= 0.3 is 0 Å². The van der Waals surface area contributed by atoms with E-state index in [0.717, 1.165) is 6.26 Å². The van der Waals surface area contributed by atoms with Gasteiger partial charge in [0.15, 0.2) is 5.82 Å². The zero-order chi connectivity index (χ0) is 24.3. The molecular formula is C21H26ClFN6O3S. The number of nitrogens with zero attached hydrogens (tertiary/aromatic N) is 5.